The number of hydrogen-bond acceptors (Lipinski definition) is 4. The quantitative estimate of drug-likeness (QED) is 0.417. The van der Waals surface area contributed by atoms with Crippen LogP contribution in [0.3, 0.4) is 0 Å². The predicted molar refractivity (Wildman–Crippen MR) is 126 cm³/mol. The third kappa shape index (κ3) is 5.97. The molecule has 1 aliphatic carbocycles. The number of hydrogen-bond donors (Lipinski definition) is 2. The number of alkyl halides is 6. The molecule has 1 atom stereocenters. The summed E-state index contributed by atoms with van der Waals surface area (Å²) in [5, 5.41) is 7.42. The van der Waals surface area contributed by atoms with Gasteiger partial charge in [-0.2, -0.15) is 26.3 Å². The number of oxime groups is 1. The summed E-state index contributed by atoms with van der Waals surface area (Å²) in [5.74, 6) is -2.23. The Hall–Kier alpha value is -3.35. The summed E-state index contributed by atoms with van der Waals surface area (Å²) in [5.41, 5.74) is -6.45. The topological polar surface area (TPSA) is 79.8 Å². The van der Waals surface area contributed by atoms with E-state index in [2.05, 4.69) is 20.6 Å². The molecule has 1 aliphatic heterocycles. The Labute approximate surface area is 222 Å². The molecule has 210 valence electrons. The van der Waals surface area contributed by atoms with Gasteiger partial charge in [0.2, 0.25) is 5.91 Å². The van der Waals surface area contributed by atoms with Crippen LogP contribution in [0.25, 0.3) is 0 Å². The SMILES string of the molecule is Cc1cc(C2=NO[C@](c3cc(C(F)(F)F)cc(Cl)c3F)(C(F)(F)F)C2)ccc1C(=O)NCC(=O)NCC1CC1. The Bertz CT molecular complexity index is 1340. The number of rotatable bonds is 7. The van der Waals surface area contributed by atoms with Crippen molar-refractivity contribution in [1.29, 1.82) is 0 Å². The zero-order valence-electron chi connectivity index (χ0n) is 20.2. The lowest BCUT2D eigenvalue weighted by molar-refractivity contribution is -0.276. The summed E-state index contributed by atoms with van der Waals surface area (Å²) in [6.45, 7) is 1.75. The van der Waals surface area contributed by atoms with Crippen molar-refractivity contribution < 1.29 is 45.2 Å². The maximum Gasteiger partial charge on any atom is 0.435 e. The minimum Gasteiger partial charge on any atom is -0.374 e. The molecular formula is C25H21ClF7N3O3. The van der Waals surface area contributed by atoms with Gasteiger partial charge in [0.05, 0.1) is 29.3 Å². The van der Waals surface area contributed by atoms with E-state index in [1.807, 2.05) is 0 Å². The van der Waals surface area contributed by atoms with Crippen molar-refractivity contribution in [2.24, 2.45) is 11.1 Å². The van der Waals surface area contributed by atoms with E-state index in [1.54, 1.807) is 0 Å². The number of nitrogens with one attached hydrogen (secondary N) is 2. The molecule has 1 fully saturated rings. The number of aryl methyl sites for hydroxylation is 1. The molecule has 2 aromatic carbocycles. The van der Waals surface area contributed by atoms with Crippen molar-refractivity contribution in [3.63, 3.8) is 0 Å². The minimum absolute atomic E-state index is 0.00660. The molecular weight excluding hydrogens is 559 g/mol. The van der Waals surface area contributed by atoms with Gasteiger partial charge in [-0.15, -0.1) is 0 Å². The van der Waals surface area contributed by atoms with E-state index in [4.69, 9.17) is 11.6 Å². The summed E-state index contributed by atoms with van der Waals surface area (Å²) >= 11 is 5.52. The van der Waals surface area contributed by atoms with Gasteiger partial charge in [-0.25, -0.2) is 4.39 Å². The minimum atomic E-state index is -5.39. The molecule has 2 amide bonds. The molecule has 14 heteroatoms. The first-order valence-electron chi connectivity index (χ1n) is 11.7. The van der Waals surface area contributed by atoms with Crippen molar-refractivity contribution in [1.82, 2.24) is 10.6 Å². The van der Waals surface area contributed by atoms with Crippen LogP contribution in [0, 0.1) is 18.7 Å². The van der Waals surface area contributed by atoms with E-state index < -0.39 is 52.2 Å². The van der Waals surface area contributed by atoms with Crippen molar-refractivity contribution in [3.8, 4) is 0 Å². The van der Waals surface area contributed by atoms with Gasteiger partial charge in [0.15, 0.2) is 0 Å². The van der Waals surface area contributed by atoms with E-state index >= 15 is 0 Å². The standard InChI is InChI=1S/C25H21ClF7N3O3/c1-12-6-14(4-5-16(12)22(38)35-11-20(37)34-10-13-2-3-13)19-9-23(39-36-19,25(31,32)33)17-7-15(24(28,29)30)8-18(26)21(17)27/h4-8,13H,2-3,9-11H2,1H3,(H,34,37)(H,35,38)/t23-/m1/s1. The molecule has 1 heterocycles. The molecule has 0 saturated heterocycles. The van der Waals surface area contributed by atoms with Crippen molar-refractivity contribution >= 4 is 29.1 Å². The third-order valence-corrected chi connectivity index (χ3v) is 6.75. The molecule has 2 aromatic rings. The summed E-state index contributed by atoms with van der Waals surface area (Å²) in [7, 11) is 0. The fraction of sp³-hybridized carbons (Fsp3) is 0.400. The second-order valence-corrected chi connectivity index (χ2v) is 9.82. The van der Waals surface area contributed by atoms with Crippen LogP contribution in [0.5, 0.6) is 0 Å². The summed E-state index contributed by atoms with van der Waals surface area (Å²) < 4.78 is 97.3. The van der Waals surface area contributed by atoms with Gasteiger partial charge in [0.1, 0.15) is 5.82 Å². The number of benzene rings is 2. The lowest BCUT2D eigenvalue weighted by atomic mass is 9.85. The second kappa shape index (κ2) is 10.3. The van der Waals surface area contributed by atoms with Gasteiger partial charge in [-0.1, -0.05) is 22.8 Å². The number of carbonyl (C=O) groups excluding carboxylic acids is 2. The molecule has 0 radical (unpaired) electrons. The zero-order valence-corrected chi connectivity index (χ0v) is 21.0. The Morgan fingerprint density at radius 3 is 2.38 bits per heavy atom. The lowest BCUT2D eigenvalue weighted by Crippen LogP contribution is -2.43. The smallest absolute Gasteiger partial charge is 0.374 e. The van der Waals surface area contributed by atoms with Crippen LogP contribution in [-0.2, 0) is 21.4 Å². The Balaban J connectivity index is 1.55. The molecule has 6 nitrogen and oxygen atoms in total. The van der Waals surface area contributed by atoms with Crippen molar-refractivity contribution in [2.75, 3.05) is 13.1 Å². The molecule has 39 heavy (non-hydrogen) atoms. The molecule has 0 bridgehead atoms. The molecule has 2 N–H and O–H groups in total. The highest BCUT2D eigenvalue weighted by molar-refractivity contribution is 6.30. The van der Waals surface area contributed by atoms with Gasteiger partial charge >= 0.3 is 12.4 Å². The van der Waals surface area contributed by atoms with E-state index in [1.165, 1.54) is 25.1 Å². The normalized spacial score (nSPS) is 19.4. The van der Waals surface area contributed by atoms with Crippen LogP contribution in [-0.4, -0.2) is 36.8 Å². The molecule has 4 rings (SSSR count). The Morgan fingerprint density at radius 1 is 1.10 bits per heavy atom. The maximum absolute atomic E-state index is 14.7. The Morgan fingerprint density at radius 2 is 1.79 bits per heavy atom. The highest BCUT2D eigenvalue weighted by atomic mass is 35.5. The number of nitrogens with zero attached hydrogens (tertiary/aromatic N) is 1. The lowest BCUT2D eigenvalue weighted by Gasteiger charge is -2.30. The number of carbonyl (C=O) groups is 2. The average molecular weight is 580 g/mol. The highest BCUT2D eigenvalue weighted by Gasteiger charge is 2.64. The van der Waals surface area contributed by atoms with Crippen molar-refractivity contribution in [3.05, 3.63) is 69.0 Å². The molecule has 2 aliphatic rings. The Kier molecular flexibility index (Phi) is 7.58. The van der Waals surface area contributed by atoms with E-state index in [0.717, 1.165) is 12.8 Å². The molecule has 0 spiro atoms. The first kappa shape index (κ1) is 28.7. The average Bonchev–Trinajstić information content (AvgIpc) is 3.56. The van der Waals surface area contributed by atoms with Crippen LogP contribution in [0.15, 0.2) is 35.5 Å². The number of amides is 2. The zero-order chi connectivity index (χ0) is 28.8. The van der Waals surface area contributed by atoms with Crippen LogP contribution >= 0.6 is 11.6 Å². The van der Waals surface area contributed by atoms with Crippen LogP contribution in [0.4, 0.5) is 30.7 Å². The number of halogens is 8. The fourth-order valence-corrected chi connectivity index (χ4v) is 4.30. The largest absolute Gasteiger partial charge is 0.435 e. The molecule has 0 unspecified atom stereocenters. The monoisotopic (exact) mass is 579 g/mol. The fourth-order valence-electron chi connectivity index (χ4n) is 4.08. The van der Waals surface area contributed by atoms with Gasteiger partial charge in [-0.05, 0) is 61.1 Å². The van der Waals surface area contributed by atoms with Crippen LogP contribution in [0.1, 0.15) is 51.9 Å². The van der Waals surface area contributed by atoms with E-state index in [9.17, 15) is 40.3 Å². The van der Waals surface area contributed by atoms with Crippen molar-refractivity contribution in [2.45, 2.75) is 44.1 Å². The first-order valence-corrected chi connectivity index (χ1v) is 12.0. The molecule has 1 saturated carbocycles. The van der Waals surface area contributed by atoms with Crippen LogP contribution < -0.4 is 10.6 Å². The van der Waals surface area contributed by atoms with Gasteiger partial charge in [-0.3, -0.25) is 9.59 Å². The van der Waals surface area contributed by atoms with E-state index in [0.29, 0.717) is 18.0 Å². The maximum atomic E-state index is 14.7. The second-order valence-electron chi connectivity index (χ2n) is 9.41. The summed E-state index contributed by atoms with van der Waals surface area (Å²) in [6, 6.07) is 4.07. The summed E-state index contributed by atoms with van der Waals surface area (Å²) in [4.78, 5) is 29.0. The first-order chi connectivity index (χ1) is 18.1. The summed E-state index contributed by atoms with van der Waals surface area (Å²) in [6.07, 6.45) is -9.56. The van der Waals surface area contributed by atoms with Gasteiger partial charge < -0.3 is 15.5 Å². The highest BCUT2D eigenvalue weighted by Crippen LogP contribution is 2.51. The van der Waals surface area contributed by atoms with Gasteiger partial charge in [0.25, 0.3) is 11.5 Å². The third-order valence-electron chi connectivity index (χ3n) is 6.48. The predicted octanol–water partition coefficient (Wildman–Crippen LogP) is 5.64. The molecule has 0 aromatic heterocycles. The van der Waals surface area contributed by atoms with Crippen LogP contribution in [0.2, 0.25) is 5.02 Å². The van der Waals surface area contributed by atoms with E-state index in [-0.39, 0.29) is 41.4 Å². The van der Waals surface area contributed by atoms with Gasteiger partial charge in [0, 0.05) is 17.7 Å².